The molecule has 0 atom stereocenters. The van der Waals surface area contributed by atoms with Gasteiger partial charge in [0.1, 0.15) is 10.5 Å². The first-order valence-electron chi connectivity index (χ1n) is 6.77. The predicted octanol–water partition coefficient (Wildman–Crippen LogP) is 1.67. The van der Waals surface area contributed by atoms with Gasteiger partial charge >= 0.3 is 0 Å². The number of benzene rings is 1. The quantitative estimate of drug-likeness (QED) is 0.687. The summed E-state index contributed by atoms with van der Waals surface area (Å²) in [5.74, 6) is -0.422. The number of nitrogens with zero attached hydrogens (tertiary/aromatic N) is 1. The molecule has 23 heavy (non-hydrogen) atoms. The second kappa shape index (κ2) is 6.18. The van der Waals surface area contributed by atoms with Gasteiger partial charge < -0.3 is 8.98 Å². The minimum atomic E-state index is -0.334. The van der Waals surface area contributed by atoms with E-state index >= 15 is 0 Å². The Balaban J connectivity index is 2.07. The average Bonchev–Trinajstić information content (AvgIpc) is 3.15. The zero-order valence-corrected chi connectivity index (χ0v) is 13.0. The molecule has 0 saturated carbocycles. The average molecular weight is 329 g/mol. The monoisotopic (exact) mass is 329 g/mol. The van der Waals surface area contributed by atoms with Gasteiger partial charge in [-0.2, -0.15) is 0 Å². The summed E-state index contributed by atoms with van der Waals surface area (Å²) < 4.78 is 20.4. The van der Waals surface area contributed by atoms with Gasteiger partial charge in [0.2, 0.25) is 5.78 Å². The van der Waals surface area contributed by atoms with E-state index in [-0.39, 0.29) is 22.9 Å². The normalized spacial score (nSPS) is 12.8. The highest BCUT2D eigenvalue weighted by Gasteiger charge is 2.07. The van der Waals surface area contributed by atoms with Gasteiger partial charge in [-0.15, -0.1) is 11.3 Å². The zero-order chi connectivity index (χ0) is 16.4. The molecule has 0 aliphatic rings. The van der Waals surface area contributed by atoms with Crippen LogP contribution >= 0.6 is 11.3 Å². The fourth-order valence-electron chi connectivity index (χ4n) is 2.02. The summed E-state index contributed by atoms with van der Waals surface area (Å²) in [5, 5.41) is 0. The van der Waals surface area contributed by atoms with Gasteiger partial charge in [-0.3, -0.25) is 9.59 Å². The Morgan fingerprint density at radius 1 is 1.26 bits per heavy atom. The van der Waals surface area contributed by atoms with Crippen LogP contribution in [0.4, 0.5) is 4.39 Å². The molecule has 0 aliphatic heterocycles. The Morgan fingerprint density at radius 3 is 2.65 bits per heavy atom. The Hall–Kier alpha value is -2.73. The molecule has 0 radical (unpaired) electrons. The molecule has 0 unspecified atom stereocenters. The lowest BCUT2D eigenvalue weighted by molar-refractivity contribution is 0.103. The summed E-state index contributed by atoms with van der Waals surface area (Å²) in [6.07, 6.45) is 4.45. The number of Topliss-reactive ketones (excluding diaryl/α,β-unsaturated/α-hetero) is 1. The fourth-order valence-corrected chi connectivity index (χ4v) is 3.05. The third kappa shape index (κ3) is 3.22. The summed E-state index contributed by atoms with van der Waals surface area (Å²) in [6.45, 7) is 0. The van der Waals surface area contributed by atoms with Crippen molar-refractivity contribution in [2.75, 3.05) is 0 Å². The van der Waals surface area contributed by atoms with Crippen LogP contribution in [0.5, 0.6) is 0 Å². The molecular formula is C17H12FNO3S. The lowest BCUT2D eigenvalue weighted by atomic mass is 10.2. The van der Waals surface area contributed by atoms with E-state index in [2.05, 4.69) is 0 Å². The lowest BCUT2D eigenvalue weighted by Gasteiger charge is -1.90. The van der Waals surface area contributed by atoms with Gasteiger partial charge in [0.15, 0.2) is 5.76 Å². The molecule has 0 N–H and O–H groups in total. The van der Waals surface area contributed by atoms with Crippen molar-refractivity contribution in [1.29, 1.82) is 0 Å². The maximum absolute atomic E-state index is 12.9. The molecule has 0 bridgehead atoms. The number of carbonyl (C=O) groups excluding carboxylic acids is 1. The molecule has 0 aliphatic carbocycles. The van der Waals surface area contributed by atoms with Crippen molar-refractivity contribution in [2.24, 2.45) is 7.05 Å². The van der Waals surface area contributed by atoms with Gasteiger partial charge in [0.05, 0.1) is 10.8 Å². The van der Waals surface area contributed by atoms with Crippen LogP contribution in [-0.4, -0.2) is 10.4 Å². The third-order valence-corrected chi connectivity index (χ3v) is 4.36. The molecule has 0 spiro atoms. The second-order valence-corrected chi connectivity index (χ2v) is 5.91. The number of thiazole rings is 1. The van der Waals surface area contributed by atoms with E-state index in [0.717, 1.165) is 0 Å². The fraction of sp³-hybridized carbons (Fsp3) is 0.0588. The van der Waals surface area contributed by atoms with E-state index < -0.39 is 0 Å². The van der Waals surface area contributed by atoms with E-state index in [4.69, 9.17) is 4.42 Å². The summed E-state index contributed by atoms with van der Waals surface area (Å²) in [6, 6.07) is 9.03. The van der Waals surface area contributed by atoms with Crippen LogP contribution in [0.1, 0.15) is 16.1 Å². The van der Waals surface area contributed by atoms with Crippen molar-refractivity contribution in [2.45, 2.75) is 0 Å². The van der Waals surface area contributed by atoms with Crippen LogP contribution in [0.15, 0.2) is 51.9 Å². The minimum absolute atomic E-state index is 0.210. The molecular weight excluding hydrogens is 317 g/mol. The molecule has 2 heterocycles. The molecule has 0 fully saturated rings. The van der Waals surface area contributed by atoms with Crippen molar-refractivity contribution in [3.8, 4) is 0 Å². The Kier molecular flexibility index (Phi) is 4.08. The van der Waals surface area contributed by atoms with E-state index in [9.17, 15) is 14.0 Å². The number of ketones is 1. The summed E-state index contributed by atoms with van der Waals surface area (Å²) in [4.78, 5) is 24.3. The molecule has 0 saturated heterocycles. The van der Waals surface area contributed by atoms with Gasteiger partial charge in [-0.1, -0.05) is 12.1 Å². The summed E-state index contributed by atoms with van der Waals surface area (Å²) in [7, 11) is 1.60. The predicted molar refractivity (Wildman–Crippen MR) is 86.3 cm³/mol. The van der Waals surface area contributed by atoms with Crippen LogP contribution in [0.3, 0.4) is 0 Å². The van der Waals surface area contributed by atoms with Crippen LogP contribution in [0, 0.1) is 5.82 Å². The van der Waals surface area contributed by atoms with Crippen LogP contribution in [0.25, 0.3) is 12.2 Å². The Bertz CT molecular complexity index is 1010. The minimum Gasteiger partial charge on any atom is -0.461 e. The first kappa shape index (κ1) is 15.2. The highest BCUT2D eigenvalue weighted by Crippen LogP contribution is 2.03. The molecule has 116 valence electrons. The third-order valence-electron chi connectivity index (χ3n) is 3.25. The number of carbonyl (C=O) groups is 1. The number of aromatic nitrogens is 1. The van der Waals surface area contributed by atoms with Crippen LogP contribution < -0.4 is 14.8 Å². The maximum Gasteiger partial charge on any atom is 0.268 e. The first-order valence-corrected chi connectivity index (χ1v) is 7.59. The smallest absolute Gasteiger partial charge is 0.268 e. The van der Waals surface area contributed by atoms with Gasteiger partial charge in [-0.25, -0.2) is 4.39 Å². The number of hydrogen-bond donors (Lipinski definition) is 0. The zero-order valence-electron chi connectivity index (χ0n) is 12.2. The second-order valence-electron chi connectivity index (χ2n) is 4.85. The van der Waals surface area contributed by atoms with Gasteiger partial charge in [0.25, 0.3) is 5.56 Å². The molecule has 3 aromatic rings. The number of halogens is 1. The summed E-state index contributed by atoms with van der Waals surface area (Å²) >= 11 is 1.19. The Labute approximate surface area is 134 Å². The van der Waals surface area contributed by atoms with E-state index in [1.54, 1.807) is 37.4 Å². The maximum atomic E-state index is 12.9. The molecule has 6 heteroatoms. The van der Waals surface area contributed by atoms with Crippen molar-refractivity contribution in [3.05, 3.63) is 79.4 Å². The highest BCUT2D eigenvalue weighted by molar-refractivity contribution is 7.07. The van der Waals surface area contributed by atoms with Crippen molar-refractivity contribution in [3.63, 3.8) is 0 Å². The van der Waals surface area contributed by atoms with E-state index in [0.29, 0.717) is 14.8 Å². The molecule has 2 aromatic heterocycles. The lowest BCUT2D eigenvalue weighted by Crippen LogP contribution is -2.29. The van der Waals surface area contributed by atoms with Crippen molar-refractivity contribution < 1.29 is 13.6 Å². The standard InChI is InChI=1S/C17H12FNO3S/c1-19-16(10-13(20)14-3-2-8-22-14)23-15(17(19)21)9-11-4-6-12(18)7-5-11/h2-10H,1H3/b15-9-,16-10-. The topological polar surface area (TPSA) is 52.2 Å². The van der Waals surface area contributed by atoms with Crippen molar-refractivity contribution >= 4 is 29.3 Å². The number of furan rings is 1. The van der Waals surface area contributed by atoms with Gasteiger partial charge in [-0.05, 0) is 35.9 Å². The first-order chi connectivity index (χ1) is 11.0. The number of rotatable bonds is 3. The molecule has 4 nitrogen and oxygen atoms in total. The van der Waals surface area contributed by atoms with Crippen molar-refractivity contribution in [1.82, 2.24) is 4.57 Å². The van der Waals surface area contributed by atoms with Gasteiger partial charge in [0, 0.05) is 13.1 Å². The number of hydrogen-bond acceptors (Lipinski definition) is 4. The highest BCUT2D eigenvalue weighted by atomic mass is 32.1. The molecule has 3 rings (SSSR count). The van der Waals surface area contributed by atoms with Crippen LogP contribution in [0.2, 0.25) is 0 Å². The Morgan fingerprint density at radius 2 is 2.00 bits per heavy atom. The SMILES string of the molecule is Cn1c(=O)/c(=C/c2ccc(F)cc2)s/c1=C\C(=O)c1ccco1. The summed E-state index contributed by atoms with van der Waals surface area (Å²) in [5.41, 5.74) is 0.507. The molecule has 0 amide bonds. The van der Waals surface area contributed by atoms with E-state index in [1.807, 2.05) is 0 Å². The largest absolute Gasteiger partial charge is 0.461 e. The van der Waals surface area contributed by atoms with E-state index in [1.165, 1.54) is 40.4 Å². The van der Waals surface area contributed by atoms with Crippen LogP contribution in [-0.2, 0) is 7.05 Å². The molecule has 1 aromatic carbocycles.